The largest absolute Gasteiger partial charge is 0.590 e. The van der Waals surface area contributed by atoms with Gasteiger partial charge in [0.05, 0.1) is 0 Å². The fraction of sp³-hybridized carbons (Fsp3) is 0.143. The van der Waals surface area contributed by atoms with Gasteiger partial charge in [-0.15, -0.1) is 10.0 Å². The Kier molecular flexibility index (Phi) is 1.56. The molecule has 0 bridgehead atoms. The molecule has 1 heterocycles. The van der Waals surface area contributed by atoms with Crippen LogP contribution >= 0.6 is 0 Å². The number of hydrogen-bond acceptors (Lipinski definition) is 4. The number of benzene rings is 1. The highest BCUT2D eigenvalue weighted by Gasteiger charge is 2.37. The Balaban J connectivity index is 2.59. The lowest BCUT2D eigenvalue weighted by atomic mass is 10.2. The van der Waals surface area contributed by atoms with Gasteiger partial charge in [0.2, 0.25) is 11.4 Å². The van der Waals surface area contributed by atoms with Gasteiger partial charge in [-0.2, -0.15) is 0 Å². The summed E-state index contributed by atoms with van der Waals surface area (Å²) in [4.78, 5) is 3.44. The van der Waals surface area contributed by atoms with Crippen molar-refractivity contribution < 1.29 is 10.2 Å². The van der Waals surface area contributed by atoms with Crippen molar-refractivity contribution >= 4 is 17.1 Å². The third-order valence-corrected chi connectivity index (χ3v) is 1.94. The lowest BCUT2D eigenvalue weighted by Crippen LogP contribution is -3.01. The quantitative estimate of drug-likeness (QED) is 0.325. The van der Waals surface area contributed by atoms with E-state index in [1.54, 1.807) is 6.07 Å². The van der Waals surface area contributed by atoms with E-state index in [-0.39, 0.29) is 5.69 Å². The van der Waals surface area contributed by atoms with Crippen LogP contribution in [0, 0.1) is 10.4 Å². The molecule has 6 heteroatoms. The van der Waals surface area contributed by atoms with Gasteiger partial charge in [-0.05, 0) is 6.07 Å². The van der Waals surface area contributed by atoms with Gasteiger partial charge in [-0.1, -0.05) is 0 Å². The maximum atomic E-state index is 11.5. The summed E-state index contributed by atoms with van der Waals surface area (Å²) in [7, 11) is 1.25. The SMILES string of the molecule is C[N+]1([O-])O[NH+]([O-])c2cc(N)ccc21. The summed E-state index contributed by atoms with van der Waals surface area (Å²) in [5.74, 6) is 0. The van der Waals surface area contributed by atoms with Crippen molar-refractivity contribution in [3.05, 3.63) is 28.6 Å². The highest BCUT2D eigenvalue weighted by atomic mass is 17.1. The predicted octanol–water partition coefficient (Wildman–Crippen LogP) is -0.422. The van der Waals surface area contributed by atoms with E-state index in [1.165, 1.54) is 19.2 Å². The van der Waals surface area contributed by atoms with Crippen LogP contribution in [-0.4, -0.2) is 7.05 Å². The maximum absolute atomic E-state index is 11.5. The van der Waals surface area contributed by atoms with Crippen LogP contribution in [0.15, 0.2) is 18.2 Å². The van der Waals surface area contributed by atoms with Crippen molar-refractivity contribution in [3.8, 4) is 0 Å². The molecule has 6 nitrogen and oxygen atoms in total. The van der Waals surface area contributed by atoms with Crippen molar-refractivity contribution in [2.75, 3.05) is 12.8 Å². The van der Waals surface area contributed by atoms with E-state index >= 15 is 0 Å². The number of nitrogens with one attached hydrogen (secondary N) is 1. The van der Waals surface area contributed by atoms with Crippen molar-refractivity contribution in [3.63, 3.8) is 0 Å². The minimum Gasteiger partial charge on any atom is -0.590 e. The number of rotatable bonds is 0. The third kappa shape index (κ3) is 1.17. The summed E-state index contributed by atoms with van der Waals surface area (Å²) in [5.41, 5.74) is 6.45. The molecule has 2 rings (SSSR count). The summed E-state index contributed by atoms with van der Waals surface area (Å²) in [6, 6.07) is 4.51. The first kappa shape index (κ1) is 8.42. The van der Waals surface area contributed by atoms with E-state index in [2.05, 4.69) is 4.94 Å². The van der Waals surface area contributed by atoms with Gasteiger partial charge < -0.3 is 16.1 Å². The van der Waals surface area contributed by atoms with Gasteiger partial charge >= 0.3 is 0 Å². The topological polar surface area (TPSA) is 85.8 Å². The number of hydroxylamine groups is 2. The molecule has 70 valence electrons. The maximum Gasteiger partial charge on any atom is 0.235 e. The molecule has 1 aliphatic rings. The van der Waals surface area contributed by atoms with Crippen molar-refractivity contribution in [1.29, 1.82) is 0 Å². The molecule has 3 N–H and O–H groups in total. The molecule has 1 aromatic rings. The Morgan fingerprint density at radius 1 is 1.54 bits per heavy atom. The molecule has 13 heavy (non-hydrogen) atoms. The van der Waals surface area contributed by atoms with Gasteiger partial charge in [-0.25, -0.2) is 0 Å². The van der Waals surface area contributed by atoms with Crippen molar-refractivity contribution in [2.45, 2.75) is 0 Å². The monoisotopic (exact) mass is 183 g/mol. The minimum atomic E-state index is -1.12. The van der Waals surface area contributed by atoms with Crippen molar-refractivity contribution in [2.24, 2.45) is 0 Å². The number of nitrogens with two attached hydrogens (primary N) is 1. The van der Waals surface area contributed by atoms with E-state index in [0.717, 1.165) is 0 Å². The second-order valence-corrected chi connectivity index (χ2v) is 3.00. The normalized spacial score (nSPS) is 31.8. The van der Waals surface area contributed by atoms with Gasteiger partial charge in [0, 0.05) is 22.8 Å². The molecule has 0 saturated heterocycles. The van der Waals surface area contributed by atoms with E-state index < -0.39 is 10.0 Å². The number of hydrogen-bond donors (Lipinski definition) is 2. The Morgan fingerprint density at radius 3 is 2.92 bits per heavy atom. The Hall–Kier alpha value is -1.18. The first-order chi connectivity index (χ1) is 6.00. The molecule has 0 fully saturated rings. The van der Waals surface area contributed by atoms with E-state index in [9.17, 15) is 10.4 Å². The summed E-state index contributed by atoms with van der Waals surface area (Å²) in [5, 5.41) is 22.0. The predicted molar refractivity (Wildman–Crippen MR) is 47.0 cm³/mol. The minimum absolute atomic E-state index is 0.248. The Bertz CT molecular complexity index is 353. The second-order valence-electron chi connectivity index (χ2n) is 3.00. The molecular formula is C7H9N3O3. The van der Waals surface area contributed by atoms with Crippen molar-refractivity contribution in [1.82, 2.24) is 4.81 Å². The molecule has 1 aliphatic heterocycles. The van der Waals surface area contributed by atoms with Crippen LogP contribution < -0.4 is 15.8 Å². The molecule has 0 aliphatic carbocycles. The molecule has 1 aromatic carbocycles. The fourth-order valence-corrected chi connectivity index (χ4v) is 1.33. The van der Waals surface area contributed by atoms with Crippen LogP contribution in [0.25, 0.3) is 0 Å². The second kappa shape index (κ2) is 2.41. The fourth-order valence-electron chi connectivity index (χ4n) is 1.33. The standard InChI is InChI=1S/C7H9N3O3/c1-10(12)7-3-2-5(8)4-6(7)9(11)13-10/h2-4,9H,8H2,1H3. The first-order valence-electron chi connectivity index (χ1n) is 3.72. The lowest BCUT2D eigenvalue weighted by Gasteiger charge is -2.25. The van der Waals surface area contributed by atoms with E-state index in [0.29, 0.717) is 11.4 Å². The van der Waals surface area contributed by atoms with Crippen LogP contribution in [-0.2, 0) is 4.94 Å². The zero-order chi connectivity index (χ0) is 9.64. The average molecular weight is 183 g/mol. The Morgan fingerprint density at radius 2 is 2.23 bits per heavy atom. The molecule has 0 radical (unpaired) electrons. The molecule has 2 atom stereocenters. The number of nitrogens with zero attached hydrogens (tertiary/aromatic N) is 1. The third-order valence-electron chi connectivity index (χ3n) is 1.94. The summed E-state index contributed by atoms with van der Waals surface area (Å²) in [6.45, 7) is 0. The average Bonchev–Trinajstić information content (AvgIpc) is 2.22. The van der Waals surface area contributed by atoms with Crippen LogP contribution in [0.3, 0.4) is 0 Å². The lowest BCUT2D eigenvalue weighted by molar-refractivity contribution is -1.01. The number of quaternary nitrogens is 2. The molecular weight excluding hydrogens is 174 g/mol. The van der Waals surface area contributed by atoms with Crippen LogP contribution in [0.2, 0.25) is 0 Å². The zero-order valence-corrected chi connectivity index (χ0v) is 6.98. The van der Waals surface area contributed by atoms with Gasteiger partial charge in [0.1, 0.15) is 7.05 Å². The highest BCUT2D eigenvalue weighted by Crippen LogP contribution is 2.32. The molecule has 0 saturated carbocycles. The van der Waals surface area contributed by atoms with Crippen LogP contribution in [0.1, 0.15) is 0 Å². The smallest absolute Gasteiger partial charge is 0.235 e. The summed E-state index contributed by atoms with van der Waals surface area (Å²) >= 11 is 0. The molecule has 0 aromatic heterocycles. The number of fused-ring (bicyclic) bond motifs is 1. The Labute approximate surface area is 74.4 Å². The summed E-state index contributed by atoms with van der Waals surface area (Å²) < 4.78 is 0. The van der Waals surface area contributed by atoms with Gasteiger partial charge in [0.15, 0.2) is 0 Å². The van der Waals surface area contributed by atoms with E-state index in [4.69, 9.17) is 5.73 Å². The van der Waals surface area contributed by atoms with Crippen LogP contribution in [0.4, 0.5) is 17.1 Å². The number of nitrogen functional groups attached to an aromatic ring is 1. The molecule has 0 amide bonds. The highest BCUT2D eigenvalue weighted by molar-refractivity contribution is 5.66. The van der Waals surface area contributed by atoms with E-state index in [1.807, 2.05) is 0 Å². The van der Waals surface area contributed by atoms with Crippen LogP contribution in [0.5, 0.6) is 0 Å². The first-order valence-corrected chi connectivity index (χ1v) is 3.72. The summed E-state index contributed by atoms with van der Waals surface area (Å²) in [6.07, 6.45) is 0. The molecule has 2 unspecified atom stereocenters. The molecule has 0 spiro atoms. The van der Waals surface area contributed by atoms with Gasteiger partial charge in [-0.3, -0.25) is 0 Å². The zero-order valence-electron chi connectivity index (χ0n) is 6.98. The number of anilines is 1. The van der Waals surface area contributed by atoms with Gasteiger partial charge in [0.25, 0.3) is 0 Å².